The second-order valence-electron chi connectivity index (χ2n) is 11.6. The van der Waals surface area contributed by atoms with Crippen LogP contribution in [0.1, 0.15) is 33.4 Å². The van der Waals surface area contributed by atoms with E-state index in [1.54, 1.807) is 30.3 Å². The summed E-state index contributed by atoms with van der Waals surface area (Å²) in [7, 11) is -1.09. The van der Waals surface area contributed by atoms with Gasteiger partial charge in [-0.05, 0) is 82.0 Å². The minimum absolute atomic E-state index is 0.220. The van der Waals surface area contributed by atoms with Crippen molar-refractivity contribution in [3.63, 3.8) is 0 Å². The number of anilines is 2. The van der Waals surface area contributed by atoms with E-state index < -0.39 is 7.27 Å². The van der Waals surface area contributed by atoms with Crippen LogP contribution in [0.3, 0.4) is 0 Å². The summed E-state index contributed by atoms with van der Waals surface area (Å²) < 4.78 is 6.21. The SMILES string of the molecule is N#Cc1ccc(C2=Cc3cccc(-c4cccc(-c5cccc(/C=C(\N=O)c6ccc(C#N)cc6)c5N)c4)c3NP2SOc2ccccc2)cc1. The number of para-hydroxylation sites is 3. The molecule has 0 aromatic heterocycles. The van der Waals surface area contributed by atoms with Crippen molar-refractivity contribution in [3.8, 4) is 40.1 Å². The van der Waals surface area contributed by atoms with Crippen molar-refractivity contribution >= 4 is 53.5 Å². The van der Waals surface area contributed by atoms with Crippen LogP contribution in [0.15, 0.2) is 145 Å². The lowest BCUT2D eigenvalue weighted by Crippen LogP contribution is -2.03. The number of nitrogen functional groups attached to an aromatic ring is 1. The average molecular weight is 698 g/mol. The summed E-state index contributed by atoms with van der Waals surface area (Å²) in [4.78, 5) is 11.9. The zero-order valence-corrected chi connectivity index (χ0v) is 28.7. The second kappa shape index (κ2) is 15.0. The van der Waals surface area contributed by atoms with Gasteiger partial charge < -0.3 is 15.0 Å². The highest BCUT2D eigenvalue weighted by atomic mass is 32.7. The number of hydrogen-bond acceptors (Lipinski definition) is 8. The predicted octanol–water partition coefficient (Wildman–Crippen LogP) is 11.6. The van der Waals surface area contributed by atoms with Crippen molar-refractivity contribution in [1.29, 1.82) is 10.5 Å². The lowest BCUT2D eigenvalue weighted by atomic mass is 9.94. The molecule has 1 heterocycles. The normalized spacial score (nSPS) is 13.5. The van der Waals surface area contributed by atoms with Crippen LogP contribution in [0, 0.1) is 27.6 Å². The van der Waals surface area contributed by atoms with E-state index >= 15 is 0 Å². The average Bonchev–Trinajstić information content (AvgIpc) is 3.19. The number of nitrogens with zero attached hydrogens (tertiary/aromatic N) is 3. The Labute approximate surface area is 301 Å². The molecular formula is C42H28N5O2PS. The van der Waals surface area contributed by atoms with Crippen LogP contribution >= 0.6 is 18.9 Å². The monoisotopic (exact) mass is 697 g/mol. The van der Waals surface area contributed by atoms with E-state index in [1.165, 1.54) is 11.7 Å². The molecule has 6 aromatic rings. The second-order valence-corrected chi connectivity index (χ2v) is 14.7. The first kappa shape index (κ1) is 33.1. The molecule has 6 aromatic carbocycles. The molecule has 0 amide bonds. The van der Waals surface area contributed by atoms with Crippen molar-refractivity contribution in [2.45, 2.75) is 0 Å². The van der Waals surface area contributed by atoms with Crippen LogP contribution in [-0.4, -0.2) is 0 Å². The summed E-state index contributed by atoms with van der Waals surface area (Å²) in [5.74, 6) is 0.764. The third-order valence-electron chi connectivity index (χ3n) is 8.41. The number of benzene rings is 6. The van der Waals surface area contributed by atoms with Crippen LogP contribution in [0.5, 0.6) is 5.75 Å². The highest BCUT2D eigenvalue weighted by Gasteiger charge is 2.27. The smallest absolute Gasteiger partial charge is 0.137 e. The summed E-state index contributed by atoms with van der Waals surface area (Å²) in [6.45, 7) is 0. The fraction of sp³-hybridized carbons (Fsp3) is 0. The molecule has 0 fully saturated rings. The maximum atomic E-state index is 11.9. The van der Waals surface area contributed by atoms with Gasteiger partial charge in [0.15, 0.2) is 0 Å². The van der Waals surface area contributed by atoms with Gasteiger partial charge in [0.05, 0.1) is 29.0 Å². The Morgan fingerprint density at radius 2 is 1.39 bits per heavy atom. The Kier molecular flexibility index (Phi) is 9.72. The van der Waals surface area contributed by atoms with Gasteiger partial charge in [-0.1, -0.05) is 97.1 Å². The number of nitriles is 2. The summed E-state index contributed by atoms with van der Waals surface area (Å²) in [6, 6.07) is 48.5. The molecule has 0 spiro atoms. The predicted molar refractivity (Wildman–Crippen MR) is 211 cm³/mol. The molecule has 0 bridgehead atoms. The van der Waals surface area contributed by atoms with Crippen LogP contribution in [0.2, 0.25) is 0 Å². The Morgan fingerprint density at radius 3 is 2.10 bits per heavy atom. The van der Waals surface area contributed by atoms with E-state index in [2.05, 4.69) is 52.7 Å². The summed E-state index contributed by atoms with van der Waals surface area (Å²) >= 11 is 1.40. The third kappa shape index (κ3) is 7.15. The fourth-order valence-electron chi connectivity index (χ4n) is 5.79. The maximum Gasteiger partial charge on any atom is 0.137 e. The summed E-state index contributed by atoms with van der Waals surface area (Å²) in [5, 5.41) is 26.7. The number of nitroso groups, excluding NO2 is 1. The maximum absolute atomic E-state index is 11.9. The fourth-order valence-corrected chi connectivity index (χ4v) is 8.98. The van der Waals surface area contributed by atoms with Crippen molar-refractivity contribution in [2.24, 2.45) is 5.18 Å². The topological polar surface area (TPSA) is 124 Å². The molecule has 3 N–H and O–H groups in total. The number of rotatable bonds is 9. The van der Waals surface area contributed by atoms with E-state index in [0.29, 0.717) is 27.9 Å². The van der Waals surface area contributed by atoms with Crippen molar-refractivity contribution in [1.82, 2.24) is 0 Å². The summed E-state index contributed by atoms with van der Waals surface area (Å²) in [5.41, 5.74) is 16.7. The van der Waals surface area contributed by atoms with Gasteiger partial charge in [0, 0.05) is 33.3 Å². The number of fused-ring (bicyclic) bond motifs is 1. The first-order chi connectivity index (χ1) is 25.0. The molecule has 1 atom stereocenters. The van der Waals surface area contributed by atoms with Crippen molar-refractivity contribution in [2.75, 3.05) is 10.8 Å². The highest BCUT2D eigenvalue weighted by Crippen LogP contribution is 2.64. The molecule has 1 aliphatic rings. The van der Waals surface area contributed by atoms with Gasteiger partial charge in [0.2, 0.25) is 0 Å². The lowest BCUT2D eigenvalue weighted by Gasteiger charge is -2.28. The largest absolute Gasteiger partial charge is 0.419 e. The molecule has 9 heteroatoms. The highest BCUT2D eigenvalue weighted by molar-refractivity contribution is 8.56. The van der Waals surface area contributed by atoms with Gasteiger partial charge in [-0.25, -0.2) is 0 Å². The molecular weight excluding hydrogens is 670 g/mol. The number of nitrogens with one attached hydrogen (secondary N) is 1. The zero-order chi connectivity index (χ0) is 35.2. The molecule has 0 saturated heterocycles. The first-order valence-corrected chi connectivity index (χ1v) is 18.6. The number of nitrogens with two attached hydrogens (primary N) is 1. The molecule has 0 radical (unpaired) electrons. The first-order valence-electron chi connectivity index (χ1n) is 15.9. The zero-order valence-electron chi connectivity index (χ0n) is 27.0. The van der Waals surface area contributed by atoms with Crippen molar-refractivity contribution in [3.05, 3.63) is 178 Å². The van der Waals surface area contributed by atoms with E-state index in [4.69, 9.17) is 15.2 Å². The molecule has 7 nitrogen and oxygen atoms in total. The van der Waals surface area contributed by atoms with E-state index in [-0.39, 0.29) is 5.70 Å². The van der Waals surface area contributed by atoms with Crippen LogP contribution in [0.25, 0.3) is 45.4 Å². The Balaban J connectivity index is 1.25. The Bertz CT molecular complexity index is 2400. The molecule has 0 aliphatic carbocycles. The molecule has 244 valence electrons. The molecule has 51 heavy (non-hydrogen) atoms. The summed E-state index contributed by atoms with van der Waals surface area (Å²) in [6.07, 6.45) is 3.87. The van der Waals surface area contributed by atoms with Gasteiger partial charge in [-0.2, -0.15) is 10.5 Å². The van der Waals surface area contributed by atoms with Gasteiger partial charge in [-0.15, -0.1) is 4.91 Å². The number of hydrogen-bond donors (Lipinski definition) is 2. The quantitative estimate of drug-likeness (QED) is 0.0506. The van der Waals surface area contributed by atoms with Gasteiger partial charge >= 0.3 is 0 Å². The van der Waals surface area contributed by atoms with Gasteiger partial charge in [0.1, 0.15) is 30.4 Å². The molecule has 0 saturated carbocycles. The molecule has 7 rings (SSSR count). The van der Waals surface area contributed by atoms with Crippen LogP contribution in [0.4, 0.5) is 11.4 Å². The third-order valence-corrected chi connectivity index (χ3v) is 11.6. The minimum Gasteiger partial charge on any atom is -0.419 e. The van der Waals surface area contributed by atoms with Gasteiger partial charge in [0.25, 0.3) is 0 Å². The van der Waals surface area contributed by atoms with Gasteiger partial charge in [-0.3, -0.25) is 0 Å². The van der Waals surface area contributed by atoms with E-state index in [1.807, 2.05) is 91.0 Å². The van der Waals surface area contributed by atoms with Crippen LogP contribution < -0.4 is 15.0 Å². The molecule has 1 aliphatic heterocycles. The van der Waals surface area contributed by atoms with Crippen molar-refractivity contribution < 1.29 is 4.18 Å². The van der Waals surface area contributed by atoms with Crippen LogP contribution in [-0.2, 0) is 0 Å². The lowest BCUT2D eigenvalue weighted by molar-refractivity contribution is 0.656. The standard InChI is InChI=1S/C42H28N5O2PS/c43-26-28-15-19-30(20-16-28)39(46-48)24-34-9-5-13-37(41(34)45)32-7-4-8-33(23-32)38-14-6-10-35-25-40(31-21-17-29(27-44)18-22-31)50(47-42(35)38)51-49-36-11-2-1-3-12-36/h1-25,47H,45H2/b39-24-. The van der Waals surface area contributed by atoms with E-state index in [0.717, 1.165) is 50.1 Å². The Morgan fingerprint density at radius 1 is 0.745 bits per heavy atom. The minimum atomic E-state index is -1.09. The Hall–Kier alpha value is -6.44. The van der Waals surface area contributed by atoms with E-state index in [9.17, 15) is 10.2 Å². The molecule has 1 unspecified atom stereocenters.